The number of piperidine rings is 1. The van der Waals surface area contributed by atoms with Crippen LogP contribution in [0, 0.1) is 12.8 Å². The van der Waals surface area contributed by atoms with Crippen LogP contribution in [0.5, 0.6) is 0 Å². The van der Waals surface area contributed by atoms with Crippen LogP contribution in [0.4, 0.5) is 0 Å². The van der Waals surface area contributed by atoms with Crippen LogP contribution in [0.3, 0.4) is 0 Å². The maximum absolute atomic E-state index is 12.7. The van der Waals surface area contributed by atoms with Crippen LogP contribution in [0.2, 0.25) is 5.02 Å². The van der Waals surface area contributed by atoms with E-state index in [-0.39, 0.29) is 17.7 Å². The predicted octanol–water partition coefficient (Wildman–Crippen LogP) is 5.34. The lowest BCUT2D eigenvalue weighted by Crippen LogP contribution is -2.42. The van der Waals surface area contributed by atoms with Gasteiger partial charge in [0.15, 0.2) is 0 Å². The fourth-order valence-electron chi connectivity index (χ4n) is 3.91. The Labute approximate surface area is 203 Å². The molecule has 33 heavy (non-hydrogen) atoms. The number of halogens is 1. The zero-order valence-corrected chi connectivity index (χ0v) is 20.0. The van der Waals surface area contributed by atoms with Crippen LogP contribution in [-0.4, -0.2) is 34.8 Å². The normalized spacial score (nSPS) is 14.5. The molecule has 0 atom stereocenters. The molecule has 2 heterocycles. The zero-order valence-electron chi connectivity index (χ0n) is 18.5. The van der Waals surface area contributed by atoms with Gasteiger partial charge in [0.05, 0.1) is 12.2 Å². The van der Waals surface area contributed by atoms with Crippen molar-refractivity contribution in [3.63, 3.8) is 0 Å². The number of carbonyl (C=O) groups excluding carboxylic acids is 2. The third-order valence-corrected chi connectivity index (χ3v) is 6.99. The van der Waals surface area contributed by atoms with Gasteiger partial charge in [0.1, 0.15) is 5.01 Å². The number of hydrogen-bond acceptors (Lipinski definition) is 4. The van der Waals surface area contributed by atoms with Gasteiger partial charge in [-0.15, -0.1) is 11.3 Å². The summed E-state index contributed by atoms with van der Waals surface area (Å²) in [5, 5.41) is 4.60. The monoisotopic (exact) mass is 479 g/mol. The van der Waals surface area contributed by atoms with Crippen molar-refractivity contribution in [1.82, 2.24) is 15.2 Å². The van der Waals surface area contributed by atoms with E-state index in [0.29, 0.717) is 37.5 Å². The number of thiazole rings is 1. The smallest absolute Gasteiger partial charge is 0.246 e. The van der Waals surface area contributed by atoms with Gasteiger partial charge in [-0.2, -0.15) is 0 Å². The van der Waals surface area contributed by atoms with Crippen molar-refractivity contribution in [2.75, 3.05) is 13.1 Å². The van der Waals surface area contributed by atoms with E-state index in [2.05, 4.69) is 5.32 Å². The third kappa shape index (κ3) is 6.09. The summed E-state index contributed by atoms with van der Waals surface area (Å²) in [7, 11) is 0. The summed E-state index contributed by atoms with van der Waals surface area (Å²) in [4.78, 5) is 32.8. The third-order valence-electron chi connectivity index (χ3n) is 5.77. The predicted molar refractivity (Wildman–Crippen MR) is 134 cm³/mol. The summed E-state index contributed by atoms with van der Waals surface area (Å²) in [6.07, 6.45) is 4.78. The summed E-state index contributed by atoms with van der Waals surface area (Å²) in [6.45, 7) is 3.63. The van der Waals surface area contributed by atoms with Crippen LogP contribution in [0.15, 0.2) is 60.7 Å². The van der Waals surface area contributed by atoms with E-state index in [1.165, 1.54) is 0 Å². The minimum Gasteiger partial charge on any atom is -0.349 e. The Kier molecular flexibility index (Phi) is 7.57. The second-order valence-electron chi connectivity index (χ2n) is 8.08. The first-order chi connectivity index (χ1) is 16.0. The Balaban J connectivity index is 1.26. The molecule has 4 rings (SSSR count). The molecule has 1 aromatic heterocycles. The summed E-state index contributed by atoms with van der Waals surface area (Å²) < 4.78 is 0. The van der Waals surface area contributed by atoms with Crippen molar-refractivity contribution < 1.29 is 9.59 Å². The number of hydrogen-bond donors (Lipinski definition) is 1. The summed E-state index contributed by atoms with van der Waals surface area (Å²) in [6, 6.07) is 17.4. The number of rotatable bonds is 6. The number of nitrogens with zero attached hydrogens (tertiary/aromatic N) is 2. The molecule has 0 saturated carbocycles. The number of nitrogens with one attached hydrogen (secondary N) is 1. The van der Waals surface area contributed by atoms with Gasteiger partial charge in [-0.05, 0) is 43.5 Å². The molecule has 5 nitrogen and oxygen atoms in total. The molecule has 2 aromatic carbocycles. The summed E-state index contributed by atoms with van der Waals surface area (Å²) >= 11 is 7.57. The zero-order chi connectivity index (χ0) is 23.2. The molecule has 7 heteroatoms. The molecule has 1 N–H and O–H groups in total. The van der Waals surface area contributed by atoms with Crippen molar-refractivity contribution in [3.05, 3.63) is 81.1 Å². The van der Waals surface area contributed by atoms with Gasteiger partial charge in [-0.3, -0.25) is 9.59 Å². The summed E-state index contributed by atoms with van der Waals surface area (Å²) in [5.41, 5.74) is 2.94. The van der Waals surface area contributed by atoms with Crippen LogP contribution in [0.1, 0.15) is 28.3 Å². The topological polar surface area (TPSA) is 62.3 Å². The molecular weight excluding hydrogens is 454 g/mol. The maximum Gasteiger partial charge on any atom is 0.246 e. The van der Waals surface area contributed by atoms with Crippen molar-refractivity contribution in [3.8, 4) is 11.3 Å². The van der Waals surface area contributed by atoms with Gasteiger partial charge in [-0.25, -0.2) is 4.98 Å². The highest BCUT2D eigenvalue weighted by atomic mass is 35.5. The van der Waals surface area contributed by atoms with Crippen LogP contribution in [0.25, 0.3) is 17.3 Å². The van der Waals surface area contributed by atoms with Crippen molar-refractivity contribution in [1.29, 1.82) is 0 Å². The highest BCUT2D eigenvalue weighted by Gasteiger charge is 2.26. The Bertz CT molecular complexity index is 1130. The quantitative estimate of drug-likeness (QED) is 0.485. The fraction of sp³-hybridized carbons (Fsp3) is 0.269. The number of benzene rings is 2. The van der Waals surface area contributed by atoms with Gasteiger partial charge in [-0.1, -0.05) is 54.1 Å². The van der Waals surface area contributed by atoms with Gasteiger partial charge >= 0.3 is 0 Å². The van der Waals surface area contributed by atoms with Gasteiger partial charge in [0.25, 0.3) is 0 Å². The fourth-order valence-corrected chi connectivity index (χ4v) is 4.93. The van der Waals surface area contributed by atoms with E-state index in [1.807, 2.05) is 72.5 Å². The highest BCUT2D eigenvalue weighted by molar-refractivity contribution is 7.12. The molecular formula is C26H26ClN3O2S. The average Bonchev–Trinajstić information content (AvgIpc) is 3.22. The van der Waals surface area contributed by atoms with E-state index >= 15 is 0 Å². The maximum atomic E-state index is 12.7. The minimum atomic E-state index is -0.0797. The average molecular weight is 480 g/mol. The number of aromatic nitrogens is 1. The van der Waals surface area contributed by atoms with Gasteiger partial charge < -0.3 is 10.2 Å². The lowest BCUT2D eigenvalue weighted by Gasteiger charge is -2.30. The molecule has 1 aliphatic rings. The lowest BCUT2D eigenvalue weighted by molar-refractivity contribution is -0.132. The first-order valence-corrected chi connectivity index (χ1v) is 12.2. The molecule has 1 aliphatic heterocycles. The largest absolute Gasteiger partial charge is 0.349 e. The Hall–Kier alpha value is -2.96. The molecule has 1 fully saturated rings. The minimum absolute atomic E-state index is 0.00861. The molecule has 3 aromatic rings. The van der Waals surface area contributed by atoms with Crippen LogP contribution < -0.4 is 5.32 Å². The number of amides is 2. The first kappa shape index (κ1) is 23.2. The molecule has 2 amide bonds. The van der Waals surface area contributed by atoms with Crippen LogP contribution in [-0.2, 0) is 16.1 Å². The van der Waals surface area contributed by atoms with Crippen LogP contribution >= 0.6 is 22.9 Å². The number of carbonyl (C=O) groups is 2. The Morgan fingerprint density at radius 3 is 2.52 bits per heavy atom. The second-order valence-corrected chi connectivity index (χ2v) is 9.80. The molecule has 0 aliphatic carbocycles. The molecule has 0 unspecified atom stereocenters. The molecule has 0 radical (unpaired) electrons. The summed E-state index contributed by atoms with van der Waals surface area (Å²) in [5.74, 6) is -0.0579. The number of likely N-dealkylation sites (tertiary alicyclic amines) is 1. The molecule has 1 saturated heterocycles. The van der Waals surface area contributed by atoms with Gasteiger partial charge in [0, 0.05) is 40.5 Å². The van der Waals surface area contributed by atoms with Crippen molar-refractivity contribution in [2.45, 2.75) is 26.3 Å². The SMILES string of the molecule is Cc1sc(CNC(=O)C2CCN(C(=O)/C=C/c3ccccc3)CC2)nc1-c1ccc(Cl)cc1. The van der Waals surface area contributed by atoms with Gasteiger partial charge in [0.2, 0.25) is 11.8 Å². The molecule has 0 spiro atoms. The van der Waals surface area contributed by atoms with Crippen molar-refractivity contribution >= 4 is 40.8 Å². The van der Waals surface area contributed by atoms with E-state index in [9.17, 15) is 9.59 Å². The van der Waals surface area contributed by atoms with E-state index < -0.39 is 0 Å². The van der Waals surface area contributed by atoms with E-state index in [1.54, 1.807) is 17.4 Å². The lowest BCUT2D eigenvalue weighted by atomic mass is 9.96. The first-order valence-electron chi connectivity index (χ1n) is 11.0. The molecule has 170 valence electrons. The van der Waals surface area contributed by atoms with E-state index in [0.717, 1.165) is 26.7 Å². The Morgan fingerprint density at radius 2 is 1.82 bits per heavy atom. The highest BCUT2D eigenvalue weighted by Crippen LogP contribution is 2.28. The Morgan fingerprint density at radius 1 is 1.12 bits per heavy atom. The van der Waals surface area contributed by atoms with Crippen molar-refractivity contribution in [2.24, 2.45) is 5.92 Å². The molecule has 0 bridgehead atoms. The number of aryl methyl sites for hydroxylation is 1. The standard InChI is InChI=1S/C26H26ClN3O2S/c1-18-25(20-8-10-22(27)11-9-20)29-23(33-18)17-28-26(32)21-13-15-30(16-14-21)24(31)12-7-19-5-3-2-4-6-19/h2-12,21H,13-17H2,1H3,(H,28,32)/b12-7+. The van der Waals surface area contributed by atoms with E-state index in [4.69, 9.17) is 16.6 Å². The second kappa shape index (κ2) is 10.8.